The van der Waals surface area contributed by atoms with Gasteiger partial charge in [0.25, 0.3) is 5.91 Å². The summed E-state index contributed by atoms with van der Waals surface area (Å²) in [7, 11) is 0. The monoisotopic (exact) mass is 334 g/mol. The molecule has 7 heteroatoms. The van der Waals surface area contributed by atoms with E-state index in [-0.39, 0.29) is 17.9 Å². The minimum absolute atomic E-state index is 0.132. The second-order valence-electron chi connectivity index (χ2n) is 5.87. The number of benzene rings is 1. The molecule has 2 heterocycles. The van der Waals surface area contributed by atoms with Crippen molar-refractivity contribution >= 4 is 17.5 Å². The molecule has 3 rings (SSSR count). The first kappa shape index (κ1) is 16.0. The van der Waals surface area contributed by atoms with E-state index in [0.29, 0.717) is 29.5 Å². The highest BCUT2D eigenvalue weighted by atomic mass is 35.5. The fraction of sp³-hybridized carbons (Fsp3) is 0.438. The maximum absolute atomic E-state index is 12.5. The lowest BCUT2D eigenvalue weighted by Gasteiger charge is -2.32. The van der Waals surface area contributed by atoms with Crippen LogP contribution in [0, 0.1) is 5.92 Å². The van der Waals surface area contributed by atoms with Crippen LogP contribution in [0.5, 0.6) is 0 Å². The molecule has 1 amide bonds. The van der Waals surface area contributed by atoms with Crippen LogP contribution in [0.3, 0.4) is 0 Å². The molecule has 0 saturated carbocycles. The number of aromatic nitrogens is 3. The summed E-state index contributed by atoms with van der Waals surface area (Å²) in [6.07, 6.45) is 2.89. The molecule has 1 saturated heterocycles. The minimum Gasteiger partial charge on any atom is -0.393 e. The predicted octanol–water partition coefficient (Wildman–Crippen LogP) is 2.15. The SMILES string of the molecule is CC(O)C1CCN(C(=O)c2cn(-c3ccccc3Cl)nn2)CC1. The number of nitrogens with zero attached hydrogens (tertiary/aromatic N) is 4. The van der Waals surface area contributed by atoms with Crippen molar-refractivity contribution in [1.82, 2.24) is 19.9 Å². The Morgan fingerprint density at radius 3 is 2.70 bits per heavy atom. The van der Waals surface area contributed by atoms with Crippen LogP contribution in [0.15, 0.2) is 30.5 Å². The third-order valence-electron chi connectivity index (χ3n) is 4.32. The smallest absolute Gasteiger partial charge is 0.276 e. The van der Waals surface area contributed by atoms with Gasteiger partial charge >= 0.3 is 0 Å². The normalized spacial score (nSPS) is 17.3. The fourth-order valence-corrected chi connectivity index (χ4v) is 3.09. The molecule has 2 aromatic rings. The highest BCUT2D eigenvalue weighted by Gasteiger charge is 2.27. The maximum Gasteiger partial charge on any atom is 0.276 e. The summed E-state index contributed by atoms with van der Waals surface area (Å²) in [5.74, 6) is 0.130. The summed E-state index contributed by atoms with van der Waals surface area (Å²) < 4.78 is 1.51. The van der Waals surface area contributed by atoms with Crippen LogP contribution in [-0.2, 0) is 0 Å². The number of hydrogen-bond acceptors (Lipinski definition) is 4. The largest absolute Gasteiger partial charge is 0.393 e. The highest BCUT2D eigenvalue weighted by molar-refractivity contribution is 6.32. The Morgan fingerprint density at radius 2 is 2.04 bits per heavy atom. The van der Waals surface area contributed by atoms with Crippen molar-refractivity contribution in [3.8, 4) is 5.69 Å². The lowest BCUT2D eigenvalue weighted by Crippen LogP contribution is -2.40. The quantitative estimate of drug-likeness (QED) is 0.933. The summed E-state index contributed by atoms with van der Waals surface area (Å²) in [5.41, 5.74) is 0.994. The van der Waals surface area contributed by atoms with E-state index in [1.807, 2.05) is 18.2 Å². The van der Waals surface area contributed by atoms with E-state index in [2.05, 4.69) is 10.3 Å². The van der Waals surface area contributed by atoms with Crippen molar-refractivity contribution in [2.45, 2.75) is 25.9 Å². The molecule has 1 aromatic carbocycles. The summed E-state index contributed by atoms with van der Waals surface area (Å²) >= 11 is 6.13. The number of aliphatic hydroxyl groups excluding tert-OH is 1. The van der Waals surface area contributed by atoms with Crippen LogP contribution in [0.25, 0.3) is 5.69 Å². The molecule has 1 unspecified atom stereocenters. The Kier molecular flexibility index (Phi) is 4.63. The zero-order chi connectivity index (χ0) is 16.4. The van der Waals surface area contributed by atoms with E-state index >= 15 is 0 Å². The van der Waals surface area contributed by atoms with Gasteiger partial charge in [-0.1, -0.05) is 28.9 Å². The number of piperidine rings is 1. The first-order valence-electron chi connectivity index (χ1n) is 7.71. The summed E-state index contributed by atoms with van der Waals surface area (Å²) in [4.78, 5) is 14.3. The number of likely N-dealkylation sites (tertiary alicyclic amines) is 1. The number of hydrogen-bond donors (Lipinski definition) is 1. The van der Waals surface area contributed by atoms with Gasteiger partial charge in [0, 0.05) is 13.1 Å². The summed E-state index contributed by atoms with van der Waals surface area (Å²) in [5, 5.41) is 18.2. The number of halogens is 1. The third kappa shape index (κ3) is 3.38. The molecule has 1 aromatic heterocycles. The number of rotatable bonds is 3. The molecule has 0 bridgehead atoms. The van der Waals surface area contributed by atoms with Crippen molar-refractivity contribution in [2.75, 3.05) is 13.1 Å². The second-order valence-corrected chi connectivity index (χ2v) is 6.28. The van der Waals surface area contributed by atoms with Gasteiger partial charge in [-0.25, -0.2) is 4.68 Å². The molecule has 1 aliphatic heterocycles. The molecule has 122 valence electrons. The molecule has 1 fully saturated rings. The molecule has 0 aliphatic carbocycles. The van der Waals surface area contributed by atoms with Gasteiger partial charge in [0.1, 0.15) is 0 Å². The van der Waals surface area contributed by atoms with Crippen LogP contribution >= 0.6 is 11.6 Å². The third-order valence-corrected chi connectivity index (χ3v) is 4.64. The van der Waals surface area contributed by atoms with Gasteiger partial charge in [-0.3, -0.25) is 4.79 Å². The van der Waals surface area contributed by atoms with E-state index in [9.17, 15) is 9.90 Å². The average molecular weight is 335 g/mol. The van der Waals surface area contributed by atoms with Crippen LogP contribution in [0.1, 0.15) is 30.3 Å². The maximum atomic E-state index is 12.5. The van der Waals surface area contributed by atoms with Gasteiger partial charge in [0.2, 0.25) is 0 Å². The van der Waals surface area contributed by atoms with Gasteiger partial charge in [0.05, 0.1) is 23.0 Å². The van der Waals surface area contributed by atoms with Crippen LogP contribution in [-0.4, -0.2) is 50.1 Å². The first-order valence-corrected chi connectivity index (χ1v) is 8.08. The molecule has 0 spiro atoms. The Bertz CT molecular complexity index is 693. The van der Waals surface area contributed by atoms with Crippen LogP contribution in [0.2, 0.25) is 5.02 Å². The molecular weight excluding hydrogens is 316 g/mol. The number of aliphatic hydroxyl groups is 1. The van der Waals surface area contributed by atoms with E-state index in [4.69, 9.17) is 11.6 Å². The van der Waals surface area contributed by atoms with Gasteiger partial charge in [-0.05, 0) is 37.8 Å². The lowest BCUT2D eigenvalue weighted by atomic mass is 9.92. The summed E-state index contributed by atoms with van der Waals surface area (Å²) in [6.45, 7) is 3.07. The van der Waals surface area contributed by atoms with Crippen molar-refractivity contribution in [2.24, 2.45) is 5.92 Å². The molecule has 1 aliphatic rings. The molecule has 1 N–H and O–H groups in total. The van der Waals surface area contributed by atoms with Gasteiger partial charge in [0.15, 0.2) is 5.69 Å². The molecule has 23 heavy (non-hydrogen) atoms. The van der Waals surface area contributed by atoms with Crippen molar-refractivity contribution in [3.63, 3.8) is 0 Å². The van der Waals surface area contributed by atoms with Gasteiger partial charge < -0.3 is 10.0 Å². The lowest BCUT2D eigenvalue weighted by molar-refractivity contribution is 0.0517. The Hall–Kier alpha value is -1.92. The second kappa shape index (κ2) is 6.68. The zero-order valence-corrected chi connectivity index (χ0v) is 13.6. The van der Waals surface area contributed by atoms with Crippen molar-refractivity contribution in [3.05, 3.63) is 41.2 Å². The first-order chi connectivity index (χ1) is 11.1. The number of carbonyl (C=O) groups is 1. The van der Waals surface area contributed by atoms with E-state index in [1.54, 1.807) is 24.1 Å². The molecule has 1 atom stereocenters. The zero-order valence-electron chi connectivity index (χ0n) is 12.9. The number of carbonyl (C=O) groups excluding carboxylic acids is 1. The standard InChI is InChI=1S/C16H19ClN4O2/c1-11(22)12-6-8-20(9-7-12)16(23)14-10-21(19-18-14)15-5-3-2-4-13(15)17/h2-5,10-12,22H,6-9H2,1H3. The summed E-state index contributed by atoms with van der Waals surface area (Å²) in [6, 6.07) is 7.27. The highest BCUT2D eigenvalue weighted by Crippen LogP contribution is 2.22. The Balaban J connectivity index is 1.71. The van der Waals surface area contributed by atoms with E-state index < -0.39 is 0 Å². The van der Waals surface area contributed by atoms with Crippen molar-refractivity contribution < 1.29 is 9.90 Å². The van der Waals surface area contributed by atoms with Crippen molar-refractivity contribution in [1.29, 1.82) is 0 Å². The van der Waals surface area contributed by atoms with Crippen LogP contribution < -0.4 is 0 Å². The average Bonchev–Trinajstić information content (AvgIpc) is 3.04. The van der Waals surface area contributed by atoms with Gasteiger partial charge in [-0.2, -0.15) is 0 Å². The van der Waals surface area contributed by atoms with E-state index in [0.717, 1.165) is 12.8 Å². The topological polar surface area (TPSA) is 71.2 Å². The van der Waals surface area contributed by atoms with Gasteiger partial charge in [-0.15, -0.1) is 5.10 Å². The minimum atomic E-state index is -0.326. The Labute approximate surface area is 139 Å². The molecular formula is C16H19ClN4O2. The number of amides is 1. The molecule has 0 radical (unpaired) electrons. The van der Waals surface area contributed by atoms with Crippen LogP contribution in [0.4, 0.5) is 0 Å². The number of para-hydroxylation sites is 1. The fourth-order valence-electron chi connectivity index (χ4n) is 2.86. The van der Waals surface area contributed by atoms with E-state index in [1.165, 1.54) is 4.68 Å². The Morgan fingerprint density at radius 1 is 1.35 bits per heavy atom. The molecule has 6 nitrogen and oxygen atoms in total. The predicted molar refractivity (Wildman–Crippen MR) is 86.7 cm³/mol.